The lowest BCUT2D eigenvalue weighted by Crippen LogP contribution is -2.54. The maximum absolute atomic E-state index is 12.6. The lowest BCUT2D eigenvalue weighted by Gasteiger charge is -2.40. The third kappa shape index (κ3) is 6.09. The highest BCUT2D eigenvalue weighted by Gasteiger charge is 2.30. The SMILES string of the molecule is Cc1cc(Nc2ncnc3ccc(N4CCN(C(=O)OC(C)(C)C)C[C@@H]4C)nc23)ccc1Cc1ccc2c(c1)ncn2C. The second kappa shape index (κ2) is 11.2. The molecular weight excluding hydrogens is 540 g/mol. The number of imidazole rings is 1. The van der Waals surface area contributed by atoms with Crippen molar-refractivity contribution in [3.8, 4) is 0 Å². The minimum Gasteiger partial charge on any atom is -0.444 e. The first-order valence-corrected chi connectivity index (χ1v) is 14.7. The number of rotatable bonds is 5. The van der Waals surface area contributed by atoms with Gasteiger partial charge in [0.25, 0.3) is 0 Å². The molecule has 10 heteroatoms. The fourth-order valence-electron chi connectivity index (χ4n) is 5.59. The average Bonchev–Trinajstić information content (AvgIpc) is 3.33. The number of benzene rings is 2. The summed E-state index contributed by atoms with van der Waals surface area (Å²) in [5.41, 5.74) is 7.70. The number of piperazine rings is 1. The van der Waals surface area contributed by atoms with Gasteiger partial charge in [0.2, 0.25) is 0 Å². The van der Waals surface area contributed by atoms with Gasteiger partial charge in [-0.15, -0.1) is 0 Å². The second-order valence-corrected chi connectivity index (χ2v) is 12.3. The molecule has 4 heterocycles. The van der Waals surface area contributed by atoms with E-state index in [1.54, 1.807) is 11.2 Å². The van der Waals surface area contributed by atoms with Gasteiger partial charge in [0.15, 0.2) is 5.82 Å². The fourth-order valence-corrected chi connectivity index (χ4v) is 5.59. The van der Waals surface area contributed by atoms with Crippen molar-refractivity contribution < 1.29 is 9.53 Å². The summed E-state index contributed by atoms with van der Waals surface area (Å²) in [5.74, 6) is 1.48. The maximum atomic E-state index is 12.6. The Morgan fingerprint density at radius 1 is 1.02 bits per heavy atom. The smallest absolute Gasteiger partial charge is 0.410 e. The molecule has 1 aliphatic heterocycles. The third-order valence-electron chi connectivity index (χ3n) is 7.83. The average molecular weight is 579 g/mol. The predicted octanol–water partition coefficient (Wildman–Crippen LogP) is 6.00. The number of aryl methyl sites for hydroxylation is 2. The van der Waals surface area contributed by atoms with E-state index in [0.717, 1.165) is 34.5 Å². The molecule has 0 radical (unpaired) electrons. The van der Waals surface area contributed by atoms with Crippen LogP contribution in [0.25, 0.3) is 22.1 Å². The van der Waals surface area contributed by atoms with Crippen LogP contribution in [0.5, 0.6) is 0 Å². The molecule has 0 spiro atoms. The molecule has 1 saturated heterocycles. The summed E-state index contributed by atoms with van der Waals surface area (Å²) in [4.78, 5) is 35.1. The zero-order valence-electron chi connectivity index (χ0n) is 25.6. The molecule has 1 atom stereocenters. The number of hydrogen-bond donors (Lipinski definition) is 1. The van der Waals surface area contributed by atoms with Gasteiger partial charge in [0.05, 0.1) is 22.9 Å². The topological polar surface area (TPSA) is 101 Å². The largest absolute Gasteiger partial charge is 0.444 e. The molecule has 222 valence electrons. The van der Waals surface area contributed by atoms with Crippen LogP contribution in [0.1, 0.15) is 44.4 Å². The zero-order valence-corrected chi connectivity index (χ0v) is 25.6. The first-order chi connectivity index (χ1) is 20.5. The monoisotopic (exact) mass is 578 g/mol. The van der Waals surface area contributed by atoms with E-state index in [4.69, 9.17) is 9.72 Å². The Labute approximate surface area is 251 Å². The van der Waals surface area contributed by atoms with Crippen LogP contribution in [0.2, 0.25) is 0 Å². The summed E-state index contributed by atoms with van der Waals surface area (Å²) >= 11 is 0. The van der Waals surface area contributed by atoms with Crippen LogP contribution in [0.3, 0.4) is 0 Å². The van der Waals surface area contributed by atoms with Crippen LogP contribution in [0, 0.1) is 6.92 Å². The molecule has 0 aliphatic carbocycles. The van der Waals surface area contributed by atoms with Gasteiger partial charge in [-0.3, -0.25) is 0 Å². The Hall–Kier alpha value is -4.73. The molecule has 0 bridgehead atoms. The number of nitrogens with zero attached hydrogens (tertiary/aromatic N) is 7. The summed E-state index contributed by atoms with van der Waals surface area (Å²) in [6, 6.07) is 16.9. The third-order valence-corrected chi connectivity index (χ3v) is 7.83. The molecule has 1 amide bonds. The van der Waals surface area contributed by atoms with E-state index in [2.05, 4.69) is 75.4 Å². The van der Waals surface area contributed by atoms with Crippen LogP contribution in [-0.4, -0.2) is 66.8 Å². The number of nitrogens with one attached hydrogen (secondary N) is 1. The lowest BCUT2D eigenvalue weighted by atomic mass is 9.99. The van der Waals surface area contributed by atoms with Crippen LogP contribution in [-0.2, 0) is 18.2 Å². The highest BCUT2D eigenvalue weighted by molar-refractivity contribution is 5.88. The molecule has 2 aromatic carbocycles. The van der Waals surface area contributed by atoms with Crippen molar-refractivity contribution in [2.45, 2.75) is 52.7 Å². The highest BCUT2D eigenvalue weighted by atomic mass is 16.6. The van der Waals surface area contributed by atoms with E-state index in [1.807, 2.05) is 50.8 Å². The van der Waals surface area contributed by atoms with E-state index in [1.165, 1.54) is 16.7 Å². The standard InChI is InChI=1S/C33H38N8O2/c1-21-15-25(9-8-24(21)16-23-7-11-28-27(17-23)36-20-39(28)6)37-31-30-26(34-19-35-31)10-12-29(38-30)41-14-13-40(18-22(41)2)32(42)43-33(3,4)5/h7-12,15,17,19-20,22H,13-14,16,18H2,1-6H3,(H,34,35,37)/t22-/m0/s1. The first-order valence-electron chi connectivity index (χ1n) is 14.7. The Morgan fingerprint density at radius 3 is 2.63 bits per heavy atom. The molecule has 1 fully saturated rings. The van der Waals surface area contributed by atoms with E-state index < -0.39 is 5.60 Å². The number of carbonyl (C=O) groups excluding carboxylic acids is 1. The molecule has 1 N–H and O–H groups in total. The maximum Gasteiger partial charge on any atom is 0.410 e. The van der Waals surface area contributed by atoms with Crippen molar-refractivity contribution >= 4 is 45.5 Å². The van der Waals surface area contributed by atoms with Gasteiger partial charge >= 0.3 is 6.09 Å². The summed E-state index contributed by atoms with van der Waals surface area (Å²) in [6.45, 7) is 11.7. The number of pyridine rings is 1. The van der Waals surface area contributed by atoms with Crippen LogP contribution < -0.4 is 10.2 Å². The lowest BCUT2D eigenvalue weighted by molar-refractivity contribution is 0.0218. The number of ether oxygens (including phenoxy) is 1. The molecule has 3 aromatic heterocycles. The summed E-state index contributed by atoms with van der Waals surface area (Å²) in [5, 5.41) is 3.48. The minimum absolute atomic E-state index is 0.0702. The molecule has 0 unspecified atom stereocenters. The van der Waals surface area contributed by atoms with E-state index in [9.17, 15) is 4.79 Å². The number of hydrogen-bond acceptors (Lipinski definition) is 8. The number of aromatic nitrogens is 5. The normalized spacial score (nSPS) is 15.7. The van der Waals surface area contributed by atoms with Crippen molar-refractivity contribution in [2.75, 3.05) is 29.9 Å². The van der Waals surface area contributed by atoms with E-state index in [0.29, 0.717) is 31.0 Å². The van der Waals surface area contributed by atoms with Crippen molar-refractivity contribution in [3.63, 3.8) is 0 Å². The fraction of sp³-hybridized carbons (Fsp3) is 0.364. The first kappa shape index (κ1) is 28.4. The molecule has 0 saturated carbocycles. The van der Waals surface area contributed by atoms with Crippen LogP contribution in [0.15, 0.2) is 61.2 Å². The van der Waals surface area contributed by atoms with Crippen molar-refractivity contribution in [1.82, 2.24) is 29.4 Å². The van der Waals surface area contributed by atoms with Crippen molar-refractivity contribution in [3.05, 3.63) is 77.9 Å². The second-order valence-electron chi connectivity index (χ2n) is 12.3. The minimum atomic E-state index is -0.519. The van der Waals surface area contributed by atoms with Crippen molar-refractivity contribution in [2.24, 2.45) is 7.05 Å². The number of carbonyl (C=O) groups is 1. The van der Waals surface area contributed by atoms with Crippen LogP contribution >= 0.6 is 0 Å². The molecule has 43 heavy (non-hydrogen) atoms. The van der Waals surface area contributed by atoms with Gasteiger partial charge in [-0.05, 0) is 94.1 Å². The van der Waals surface area contributed by atoms with Gasteiger partial charge in [0, 0.05) is 38.4 Å². The van der Waals surface area contributed by atoms with Gasteiger partial charge < -0.3 is 24.4 Å². The van der Waals surface area contributed by atoms with Crippen LogP contribution in [0.4, 0.5) is 22.1 Å². The quantitative estimate of drug-likeness (QED) is 0.271. The van der Waals surface area contributed by atoms with Gasteiger partial charge in [0.1, 0.15) is 23.3 Å². The van der Waals surface area contributed by atoms with E-state index >= 15 is 0 Å². The summed E-state index contributed by atoms with van der Waals surface area (Å²) in [6.07, 6.45) is 3.96. The van der Waals surface area contributed by atoms with E-state index in [-0.39, 0.29) is 12.1 Å². The molecule has 10 nitrogen and oxygen atoms in total. The molecule has 1 aliphatic rings. The summed E-state index contributed by atoms with van der Waals surface area (Å²) in [7, 11) is 2.01. The molecular formula is C33H38N8O2. The Balaban J connectivity index is 1.19. The Morgan fingerprint density at radius 2 is 1.86 bits per heavy atom. The Kier molecular flexibility index (Phi) is 7.37. The van der Waals surface area contributed by atoms with Gasteiger partial charge in [-0.1, -0.05) is 12.1 Å². The number of amides is 1. The Bertz CT molecular complexity index is 1810. The number of fused-ring (bicyclic) bond motifs is 2. The van der Waals surface area contributed by atoms with Gasteiger partial charge in [-0.2, -0.15) is 0 Å². The number of anilines is 3. The zero-order chi connectivity index (χ0) is 30.3. The van der Waals surface area contributed by atoms with Gasteiger partial charge in [-0.25, -0.2) is 24.7 Å². The molecule has 5 aromatic rings. The molecule has 6 rings (SSSR count). The highest BCUT2D eigenvalue weighted by Crippen LogP contribution is 2.28. The summed E-state index contributed by atoms with van der Waals surface area (Å²) < 4.78 is 7.62. The van der Waals surface area contributed by atoms with Crippen molar-refractivity contribution in [1.29, 1.82) is 0 Å². The predicted molar refractivity (Wildman–Crippen MR) is 170 cm³/mol.